The number of nitro groups is 1. The number of carbonyl (C=O) groups is 4. The van der Waals surface area contributed by atoms with Crippen molar-refractivity contribution in [3.63, 3.8) is 0 Å². The molecule has 0 heterocycles. The summed E-state index contributed by atoms with van der Waals surface area (Å²) in [4.78, 5) is 68.2. The van der Waals surface area contributed by atoms with Gasteiger partial charge >= 0.3 is 6.09 Å². The monoisotopic (exact) mass is 703 g/mol. The highest BCUT2D eigenvalue weighted by atomic mass is 16.6. The standard InChI is InChI=1S/C35H45N9O7/c36-20-8-7-14-29(43-35(48)51-23-25-12-5-2-6-13-25)32(46)42-30(22-24-10-3-1-4-11-24)33(47)41-28(15-9-21-39-34(37)38)31(45)40-26-16-18-27(19-17-26)44(49)50/h1-6,10-13,16-19,28-30H,7-9,14-15,20-23,36H2,(H,40,45)(H,41,47)(H,42,46)(H,43,48)(H4,37,38,39). The van der Waals surface area contributed by atoms with Gasteiger partial charge in [-0.25, -0.2) is 4.79 Å². The third-order valence-electron chi connectivity index (χ3n) is 7.61. The van der Waals surface area contributed by atoms with Crippen molar-refractivity contribution in [1.29, 1.82) is 0 Å². The van der Waals surface area contributed by atoms with E-state index in [1.807, 2.05) is 24.3 Å². The summed E-state index contributed by atoms with van der Waals surface area (Å²) in [5, 5.41) is 21.8. The van der Waals surface area contributed by atoms with Crippen LogP contribution in [0.4, 0.5) is 16.2 Å². The zero-order chi connectivity index (χ0) is 37.0. The normalized spacial score (nSPS) is 12.3. The van der Waals surface area contributed by atoms with Crippen LogP contribution in [0.3, 0.4) is 0 Å². The molecule has 16 nitrogen and oxygen atoms in total. The number of guanidine groups is 1. The van der Waals surface area contributed by atoms with Crippen molar-refractivity contribution in [2.24, 2.45) is 22.2 Å². The molecule has 3 aromatic carbocycles. The van der Waals surface area contributed by atoms with Gasteiger partial charge in [-0.15, -0.1) is 0 Å². The number of non-ortho nitro benzene ring substituents is 1. The highest BCUT2D eigenvalue weighted by molar-refractivity contribution is 5.99. The van der Waals surface area contributed by atoms with Crippen LogP contribution < -0.4 is 38.5 Å². The van der Waals surface area contributed by atoms with Gasteiger partial charge in [0, 0.05) is 30.8 Å². The Morgan fingerprint density at radius 2 is 1.29 bits per heavy atom. The zero-order valence-corrected chi connectivity index (χ0v) is 28.2. The lowest BCUT2D eigenvalue weighted by Crippen LogP contribution is -2.57. The minimum Gasteiger partial charge on any atom is -0.445 e. The first-order valence-corrected chi connectivity index (χ1v) is 16.5. The molecule has 0 saturated heterocycles. The second kappa shape index (κ2) is 21.1. The molecule has 3 unspecified atom stereocenters. The van der Waals surface area contributed by atoms with E-state index in [1.165, 1.54) is 24.3 Å². The quantitative estimate of drug-likeness (QED) is 0.0297. The number of hydrogen-bond acceptors (Lipinski definition) is 9. The van der Waals surface area contributed by atoms with Crippen LogP contribution in [0.1, 0.15) is 43.2 Å². The SMILES string of the molecule is NCCCCC(NC(=O)OCc1ccccc1)C(=O)NC(Cc1ccccc1)C(=O)NC(CCCN=C(N)N)C(=O)Nc1ccc([N+](=O)[O-])cc1. The number of hydrogen-bond donors (Lipinski definition) is 7. The minimum atomic E-state index is -1.16. The maximum absolute atomic E-state index is 13.9. The molecule has 51 heavy (non-hydrogen) atoms. The van der Waals surface area contributed by atoms with E-state index in [9.17, 15) is 29.3 Å². The fourth-order valence-corrected chi connectivity index (χ4v) is 4.94. The molecule has 0 aliphatic rings. The van der Waals surface area contributed by atoms with Crippen LogP contribution in [0.25, 0.3) is 0 Å². The van der Waals surface area contributed by atoms with Gasteiger partial charge in [-0.05, 0) is 61.9 Å². The summed E-state index contributed by atoms with van der Waals surface area (Å²) in [5.74, 6) is -2.02. The number of benzene rings is 3. The first-order valence-electron chi connectivity index (χ1n) is 16.5. The van der Waals surface area contributed by atoms with Crippen molar-refractivity contribution >= 4 is 41.1 Å². The summed E-state index contributed by atoms with van der Waals surface area (Å²) < 4.78 is 5.33. The minimum absolute atomic E-state index is 0.00460. The Hall–Kier alpha value is -6.03. The number of nitrogens with two attached hydrogens (primary N) is 3. The molecule has 0 fully saturated rings. The Morgan fingerprint density at radius 3 is 1.90 bits per heavy atom. The lowest BCUT2D eigenvalue weighted by molar-refractivity contribution is -0.384. The number of aliphatic imine (C=N–C) groups is 1. The van der Waals surface area contributed by atoms with Crippen LogP contribution in [-0.4, -0.2) is 65.9 Å². The Kier molecular flexibility index (Phi) is 16.3. The van der Waals surface area contributed by atoms with Crippen LogP contribution in [0.15, 0.2) is 89.9 Å². The molecule has 3 aromatic rings. The van der Waals surface area contributed by atoms with Gasteiger partial charge in [-0.3, -0.25) is 29.5 Å². The van der Waals surface area contributed by atoms with Crippen LogP contribution in [0, 0.1) is 10.1 Å². The molecular weight excluding hydrogens is 658 g/mol. The van der Waals surface area contributed by atoms with Gasteiger partial charge in [-0.1, -0.05) is 60.7 Å². The highest BCUT2D eigenvalue weighted by Gasteiger charge is 2.30. The number of amides is 4. The van der Waals surface area contributed by atoms with Crippen molar-refractivity contribution in [1.82, 2.24) is 16.0 Å². The molecule has 4 amide bonds. The average Bonchev–Trinajstić information content (AvgIpc) is 3.12. The van der Waals surface area contributed by atoms with Gasteiger partial charge in [0.25, 0.3) is 5.69 Å². The molecule has 16 heteroatoms. The smallest absolute Gasteiger partial charge is 0.408 e. The van der Waals surface area contributed by atoms with Gasteiger partial charge < -0.3 is 43.2 Å². The van der Waals surface area contributed by atoms with Crippen LogP contribution >= 0.6 is 0 Å². The maximum atomic E-state index is 13.9. The number of nitrogens with zero attached hydrogens (tertiary/aromatic N) is 2. The fraction of sp³-hybridized carbons (Fsp3) is 0.343. The first kappa shape index (κ1) is 39.4. The summed E-state index contributed by atoms with van der Waals surface area (Å²) in [6.07, 6.45) is 1.03. The number of alkyl carbamates (subject to hydrolysis) is 1. The molecule has 10 N–H and O–H groups in total. The van der Waals surface area contributed by atoms with Crippen LogP contribution in [0.5, 0.6) is 0 Å². The molecule has 0 saturated carbocycles. The van der Waals surface area contributed by atoms with Crippen molar-refractivity contribution in [2.45, 2.75) is 63.3 Å². The van der Waals surface area contributed by atoms with Crippen LogP contribution in [0.2, 0.25) is 0 Å². The summed E-state index contributed by atoms with van der Waals surface area (Å²) in [6.45, 7) is 0.563. The Morgan fingerprint density at radius 1 is 0.725 bits per heavy atom. The van der Waals surface area contributed by atoms with Crippen molar-refractivity contribution < 1.29 is 28.8 Å². The van der Waals surface area contributed by atoms with E-state index in [2.05, 4.69) is 26.3 Å². The van der Waals surface area contributed by atoms with E-state index in [0.29, 0.717) is 25.8 Å². The van der Waals surface area contributed by atoms with Gasteiger partial charge in [0.2, 0.25) is 17.7 Å². The molecule has 0 radical (unpaired) electrons. The summed E-state index contributed by atoms with van der Waals surface area (Å²) in [5.41, 5.74) is 18.1. The van der Waals surface area contributed by atoms with E-state index >= 15 is 0 Å². The van der Waals surface area contributed by atoms with E-state index in [1.54, 1.807) is 36.4 Å². The summed E-state index contributed by atoms with van der Waals surface area (Å²) in [7, 11) is 0. The number of nitrogens with one attached hydrogen (secondary N) is 4. The predicted molar refractivity (Wildman–Crippen MR) is 192 cm³/mol. The number of unbranched alkanes of at least 4 members (excludes halogenated alkanes) is 1. The lowest BCUT2D eigenvalue weighted by atomic mass is 10.0. The van der Waals surface area contributed by atoms with E-state index in [0.717, 1.165) is 11.1 Å². The Bertz CT molecular complexity index is 1600. The molecule has 0 aliphatic heterocycles. The predicted octanol–water partition coefficient (Wildman–Crippen LogP) is 2.22. The number of anilines is 1. The third-order valence-corrected chi connectivity index (χ3v) is 7.61. The first-order chi connectivity index (χ1) is 24.5. The van der Waals surface area contributed by atoms with E-state index in [4.69, 9.17) is 21.9 Å². The number of rotatable bonds is 20. The van der Waals surface area contributed by atoms with Crippen molar-refractivity contribution in [3.05, 3.63) is 106 Å². The maximum Gasteiger partial charge on any atom is 0.408 e. The fourth-order valence-electron chi connectivity index (χ4n) is 4.94. The Balaban J connectivity index is 1.79. The lowest BCUT2D eigenvalue weighted by Gasteiger charge is -2.25. The van der Waals surface area contributed by atoms with Crippen LogP contribution in [-0.2, 0) is 32.1 Å². The second-order valence-corrected chi connectivity index (χ2v) is 11.6. The van der Waals surface area contributed by atoms with Gasteiger partial charge in [-0.2, -0.15) is 0 Å². The largest absolute Gasteiger partial charge is 0.445 e. The van der Waals surface area contributed by atoms with E-state index < -0.39 is 46.9 Å². The van der Waals surface area contributed by atoms with E-state index in [-0.39, 0.29) is 49.7 Å². The van der Waals surface area contributed by atoms with Crippen molar-refractivity contribution in [3.8, 4) is 0 Å². The summed E-state index contributed by atoms with van der Waals surface area (Å²) >= 11 is 0. The zero-order valence-electron chi connectivity index (χ0n) is 28.2. The van der Waals surface area contributed by atoms with Gasteiger partial charge in [0.1, 0.15) is 24.7 Å². The number of nitro benzene ring substituents is 1. The third kappa shape index (κ3) is 14.5. The molecule has 0 aromatic heterocycles. The number of carbonyl (C=O) groups excluding carboxylic acids is 4. The molecule has 3 rings (SSSR count). The molecule has 272 valence electrons. The molecular formula is C35H45N9O7. The highest BCUT2D eigenvalue weighted by Crippen LogP contribution is 2.16. The second-order valence-electron chi connectivity index (χ2n) is 11.6. The molecule has 0 spiro atoms. The van der Waals surface area contributed by atoms with Gasteiger partial charge in [0.05, 0.1) is 4.92 Å². The topological polar surface area (TPSA) is 259 Å². The molecule has 0 aliphatic carbocycles. The Labute approximate surface area is 295 Å². The molecule has 0 bridgehead atoms. The number of ether oxygens (including phenoxy) is 1. The summed E-state index contributed by atoms with van der Waals surface area (Å²) in [6, 6.07) is 19.9. The average molecular weight is 704 g/mol. The van der Waals surface area contributed by atoms with Crippen molar-refractivity contribution in [2.75, 3.05) is 18.4 Å². The molecule has 3 atom stereocenters. The van der Waals surface area contributed by atoms with Gasteiger partial charge in [0.15, 0.2) is 5.96 Å².